The summed E-state index contributed by atoms with van der Waals surface area (Å²) in [6.45, 7) is 0.217. The molecule has 0 spiro atoms. The van der Waals surface area contributed by atoms with Crippen LogP contribution in [0.2, 0.25) is 0 Å². The Morgan fingerprint density at radius 2 is 1.74 bits per heavy atom. The molecule has 0 bridgehead atoms. The molecular formula is C16H31IN4OS. The monoisotopic (exact) mass is 454 g/mol. The fourth-order valence-corrected chi connectivity index (χ4v) is 3.98. The second kappa shape index (κ2) is 11.4. The molecular weight excluding hydrogens is 423 g/mol. The molecule has 2 N–H and O–H groups in total. The van der Waals surface area contributed by atoms with E-state index in [1.54, 1.807) is 19.0 Å². The molecule has 134 valence electrons. The van der Waals surface area contributed by atoms with E-state index < -0.39 is 0 Å². The van der Waals surface area contributed by atoms with E-state index >= 15 is 0 Å². The Hall–Kier alpha value is -0.180. The third-order valence-electron chi connectivity index (χ3n) is 4.32. The lowest BCUT2D eigenvalue weighted by Crippen LogP contribution is -2.49. The molecule has 2 fully saturated rings. The second-order valence-electron chi connectivity index (χ2n) is 6.49. The van der Waals surface area contributed by atoms with Crippen molar-refractivity contribution in [3.05, 3.63) is 0 Å². The largest absolute Gasteiger partial charge is 0.354 e. The summed E-state index contributed by atoms with van der Waals surface area (Å²) in [5.74, 6) is 3.27. The Balaban J connectivity index is 0.00000264. The average molecular weight is 454 g/mol. The molecule has 0 aromatic carbocycles. The number of carbonyl (C=O) groups excluding carboxylic acids is 1. The number of rotatable bonds is 4. The number of aliphatic imine (C=N–C) groups is 1. The van der Waals surface area contributed by atoms with Crippen molar-refractivity contribution >= 4 is 47.6 Å². The Bertz CT molecular complexity index is 358. The van der Waals surface area contributed by atoms with Gasteiger partial charge in [0.25, 0.3) is 0 Å². The zero-order valence-electron chi connectivity index (χ0n) is 14.3. The molecule has 1 heterocycles. The van der Waals surface area contributed by atoms with Gasteiger partial charge in [0.05, 0.1) is 0 Å². The summed E-state index contributed by atoms with van der Waals surface area (Å²) >= 11 is 2.00. The molecule has 0 radical (unpaired) electrons. The SMILES string of the molecule is CN(C)C(=O)CN=C(NC1CCCCC1)NC1CCCSC1.I. The van der Waals surface area contributed by atoms with Crippen LogP contribution in [0, 0.1) is 0 Å². The Morgan fingerprint density at radius 3 is 2.35 bits per heavy atom. The van der Waals surface area contributed by atoms with Crippen molar-refractivity contribution in [2.24, 2.45) is 4.99 Å². The van der Waals surface area contributed by atoms with E-state index in [2.05, 4.69) is 15.6 Å². The first-order valence-electron chi connectivity index (χ1n) is 8.50. The molecule has 1 unspecified atom stereocenters. The highest BCUT2D eigenvalue weighted by atomic mass is 127. The van der Waals surface area contributed by atoms with Crippen LogP contribution >= 0.6 is 35.7 Å². The fourth-order valence-electron chi connectivity index (χ4n) is 2.91. The second-order valence-corrected chi connectivity index (χ2v) is 7.64. The van der Waals surface area contributed by atoms with E-state index in [9.17, 15) is 4.79 Å². The first kappa shape index (κ1) is 20.9. The van der Waals surface area contributed by atoms with Gasteiger partial charge >= 0.3 is 0 Å². The molecule has 1 amide bonds. The smallest absolute Gasteiger partial charge is 0.243 e. The van der Waals surface area contributed by atoms with E-state index in [1.807, 2.05) is 11.8 Å². The molecule has 2 rings (SSSR count). The number of carbonyl (C=O) groups is 1. The molecule has 1 aliphatic carbocycles. The highest BCUT2D eigenvalue weighted by molar-refractivity contribution is 14.0. The molecule has 1 saturated heterocycles. The summed E-state index contributed by atoms with van der Waals surface area (Å²) in [7, 11) is 3.55. The fraction of sp³-hybridized carbons (Fsp3) is 0.875. The lowest BCUT2D eigenvalue weighted by molar-refractivity contribution is -0.127. The van der Waals surface area contributed by atoms with Crippen LogP contribution in [0.25, 0.3) is 0 Å². The molecule has 1 saturated carbocycles. The number of guanidine groups is 1. The third kappa shape index (κ3) is 7.96. The Labute approximate surface area is 161 Å². The number of thioether (sulfide) groups is 1. The summed E-state index contributed by atoms with van der Waals surface area (Å²) in [5, 5.41) is 7.10. The quantitative estimate of drug-likeness (QED) is 0.389. The maximum atomic E-state index is 11.8. The predicted molar refractivity (Wildman–Crippen MR) is 110 cm³/mol. The van der Waals surface area contributed by atoms with Gasteiger partial charge in [-0.05, 0) is 31.4 Å². The number of hydrogen-bond acceptors (Lipinski definition) is 3. The highest BCUT2D eigenvalue weighted by Gasteiger charge is 2.19. The van der Waals surface area contributed by atoms with Crippen molar-refractivity contribution in [3.8, 4) is 0 Å². The van der Waals surface area contributed by atoms with Crippen LogP contribution in [-0.4, -0.2) is 61.0 Å². The van der Waals surface area contributed by atoms with Gasteiger partial charge in [-0.1, -0.05) is 19.3 Å². The van der Waals surface area contributed by atoms with Gasteiger partial charge in [-0.25, -0.2) is 4.99 Å². The number of likely N-dealkylation sites (N-methyl/N-ethyl adjacent to an activating group) is 1. The van der Waals surface area contributed by atoms with Gasteiger partial charge in [-0.3, -0.25) is 4.79 Å². The van der Waals surface area contributed by atoms with Gasteiger partial charge in [0.1, 0.15) is 6.54 Å². The van der Waals surface area contributed by atoms with E-state index in [4.69, 9.17) is 0 Å². The first-order valence-corrected chi connectivity index (χ1v) is 9.66. The normalized spacial score (nSPS) is 22.9. The van der Waals surface area contributed by atoms with E-state index in [0.717, 1.165) is 11.7 Å². The van der Waals surface area contributed by atoms with Gasteiger partial charge < -0.3 is 15.5 Å². The summed E-state index contributed by atoms with van der Waals surface area (Å²) in [6, 6.07) is 0.980. The van der Waals surface area contributed by atoms with Crippen LogP contribution in [0.5, 0.6) is 0 Å². The standard InChI is InChI=1S/C16H30N4OS.HI/c1-20(2)15(21)11-17-16(18-13-7-4-3-5-8-13)19-14-9-6-10-22-12-14;/h13-14H,3-12H2,1-2H3,(H2,17,18,19);1H. The summed E-state index contributed by atoms with van der Waals surface area (Å²) in [5.41, 5.74) is 0. The van der Waals surface area contributed by atoms with Crippen LogP contribution in [-0.2, 0) is 4.79 Å². The van der Waals surface area contributed by atoms with Crippen molar-refractivity contribution in [1.29, 1.82) is 0 Å². The minimum absolute atomic E-state index is 0. The minimum atomic E-state index is 0. The molecule has 2 aliphatic rings. The van der Waals surface area contributed by atoms with E-state index in [1.165, 1.54) is 50.7 Å². The average Bonchev–Trinajstić information content (AvgIpc) is 2.54. The summed E-state index contributed by atoms with van der Waals surface area (Å²) in [4.78, 5) is 17.9. The number of halogens is 1. The molecule has 0 aromatic heterocycles. The lowest BCUT2D eigenvalue weighted by Gasteiger charge is -2.29. The topological polar surface area (TPSA) is 56.7 Å². The molecule has 1 aliphatic heterocycles. The van der Waals surface area contributed by atoms with Crippen LogP contribution in [0.1, 0.15) is 44.9 Å². The summed E-state index contributed by atoms with van der Waals surface area (Å²) < 4.78 is 0. The van der Waals surface area contributed by atoms with Crippen molar-refractivity contribution in [2.75, 3.05) is 32.1 Å². The zero-order valence-corrected chi connectivity index (χ0v) is 17.5. The molecule has 7 heteroatoms. The highest BCUT2D eigenvalue weighted by Crippen LogP contribution is 2.18. The van der Waals surface area contributed by atoms with Crippen LogP contribution in [0.15, 0.2) is 4.99 Å². The van der Waals surface area contributed by atoms with Crippen molar-refractivity contribution in [3.63, 3.8) is 0 Å². The number of hydrogen-bond donors (Lipinski definition) is 2. The predicted octanol–water partition coefficient (Wildman–Crippen LogP) is 2.46. The van der Waals surface area contributed by atoms with Crippen molar-refractivity contribution in [1.82, 2.24) is 15.5 Å². The minimum Gasteiger partial charge on any atom is -0.354 e. The van der Waals surface area contributed by atoms with Crippen molar-refractivity contribution < 1.29 is 4.79 Å². The molecule has 5 nitrogen and oxygen atoms in total. The molecule has 0 aromatic rings. The first-order chi connectivity index (χ1) is 10.6. The van der Waals surface area contributed by atoms with Crippen LogP contribution in [0.4, 0.5) is 0 Å². The number of amides is 1. The maximum Gasteiger partial charge on any atom is 0.243 e. The van der Waals surface area contributed by atoms with Gasteiger partial charge in [-0.2, -0.15) is 11.8 Å². The van der Waals surface area contributed by atoms with Gasteiger partial charge in [0.2, 0.25) is 5.91 Å². The molecule has 1 atom stereocenters. The van der Waals surface area contributed by atoms with Crippen LogP contribution in [0.3, 0.4) is 0 Å². The lowest BCUT2D eigenvalue weighted by atomic mass is 9.96. The van der Waals surface area contributed by atoms with Gasteiger partial charge in [0.15, 0.2) is 5.96 Å². The molecule has 23 heavy (non-hydrogen) atoms. The zero-order chi connectivity index (χ0) is 15.8. The third-order valence-corrected chi connectivity index (χ3v) is 5.53. The van der Waals surface area contributed by atoms with Crippen LogP contribution < -0.4 is 10.6 Å². The Morgan fingerprint density at radius 1 is 1.09 bits per heavy atom. The van der Waals surface area contributed by atoms with E-state index in [0.29, 0.717) is 12.1 Å². The summed E-state index contributed by atoms with van der Waals surface area (Å²) in [6.07, 6.45) is 8.80. The van der Waals surface area contributed by atoms with Gasteiger partial charge in [0, 0.05) is 31.9 Å². The van der Waals surface area contributed by atoms with E-state index in [-0.39, 0.29) is 36.4 Å². The maximum absolute atomic E-state index is 11.8. The number of nitrogens with zero attached hydrogens (tertiary/aromatic N) is 2. The number of nitrogens with one attached hydrogen (secondary N) is 2. The van der Waals surface area contributed by atoms with Crippen molar-refractivity contribution in [2.45, 2.75) is 57.0 Å². The van der Waals surface area contributed by atoms with Gasteiger partial charge in [-0.15, -0.1) is 24.0 Å². The Kier molecular flexibility index (Phi) is 10.3.